The highest BCUT2D eigenvalue weighted by Crippen LogP contribution is 2.36. The fourth-order valence-corrected chi connectivity index (χ4v) is 2.35. The average molecular weight is 285 g/mol. The summed E-state index contributed by atoms with van der Waals surface area (Å²) in [6.07, 6.45) is 0. The average Bonchev–Trinajstić information content (AvgIpc) is 2.95. The van der Waals surface area contributed by atoms with Crippen molar-refractivity contribution in [3.8, 4) is 23.0 Å². The first-order valence-corrected chi connectivity index (χ1v) is 7.17. The van der Waals surface area contributed by atoms with Crippen LogP contribution in [0.3, 0.4) is 0 Å². The summed E-state index contributed by atoms with van der Waals surface area (Å²) in [4.78, 5) is 0. The summed E-state index contributed by atoms with van der Waals surface area (Å²) in [6, 6.07) is 14.0. The maximum atomic E-state index is 5.91. The summed E-state index contributed by atoms with van der Waals surface area (Å²) >= 11 is 0. The molecule has 1 unspecified atom stereocenters. The number of benzene rings is 2. The SMILES string of the molecule is CCNC(C)c1cccc(Oc2ccc3c(c2)OCO3)c1. The van der Waals surface area contributed by atoms with Crippen LogP contribution in [0.1, 0.15) is 25.5 Å². The first-order chi connectivity index (χ1) is 10.3. The van der Waals surface area contributed by atoms with Crippen molar-refractivity contribution in [2.75, 3.05) is 13.3 Å². The van der Waals surface area contributed by atoms with Gasteiger partial charge in [-0.3, -0.25) is 0 Å². The van der Waals surface area contributed by atoms with Crippen molar-refractivity contribution >= 4 is 0 Å². The normalized spacial score (nSPS) is 14.0. The molecule has 4 nitrogen and oxygen atoms in total. The van der Waals surface area contributed by atoms with Gasteiger partial charge in [0.05, 0.1) is 0 Å². The monoisotopic (exact) mass is 285 g/mol. The summed E-state index contributed by atoms with van der Waals surface area (Å²) in [5.74, 6) is 3.05. The second-order valence-corrected chi connectivity index (χ2v) is 4.97. The number of rotatable bonds is 5. The van der Waals surface area contributed by atoms with Gasteiger partial charge in [-0.1, -0.05) is 19.1 Å². The van der Waals surface area contributed by atoms with Gasteiger partial charge in [0.1, 0.15) is 11.5 Å². The third-order valence-corrected chi connectivity index (χ3v) is 3.45. The topological polar surface area (TPSA) is 39.7 Å². The van der Waals surface area contributed by atoms with Gasteiger partial charge >= 0.3 is 0 Å². The lowest BCUT2D eigenvalue weighted by Gasteiger charge is -2.14. The first-order valence-electron chi connectivity index (χ1n) is 7.17. The van der Waals surface area contributed by atoms with E-state index in [4.69, 9.17) is 14.2 Å². The fourth-order valence-electron chi connectivity index (χ4n) is 2.35. The van der Waals surface area contributed by atoms with Crippen molar-refractivity contribution in [2.45, 2.75) is 19.9 Å². The summed E-state index contributed by atoms with van der Waals surface area (Å²) in [5, 5.41) is 3.39. The van der Waals surface area contributed by atoms with E-state index in [-0.39, 0.29) is 6.79 Å². The van der Waals surface area contributed by atoms with E-state index < -0.39 is 0 Å². The van der Waals surface area contributed by atoms with Crippen molar-refractivity contribution in [1.82, 2.24) is 5.32 Å². The summed E-state index contributed by atoms with van der Waals surface area (Å²) in [5.41, 5.74) is 1.20. The van der Waals surface area contributed by atoms with E-state index in [1.54, 1.807) is 0 Å². The van der Waals surface area contributed by atoms with Crippen molar-refractivity contribution < 1.29 is 14.2 Å². The lowest BCUT2D eigenvalue weighted by molar-refractivity contribution is 0.174. The predicted octanol–water partition coefficient (Wildman–Crippen LogP) is 3.88. The Labute approximate surface area is 124 Å². The second-order valence-electron chi connectivity index (χ2n) is 4.97. The van der Waals surface area contributed by atoms with Gasteiger partial charge in [-0.05, 0) is 43.3 Å². The van der Waals surface area contributed by atoms with E-state index in [0.717, 1.165) is 29.5 Å². The van der Waals surface area contributed by atoms with Crippen LogP contribution in [0, 0.1) is 0 Å². The zero-order chi connectivity index (χ0) is 14.7. The van der Waals surface area contributed by atoms with Crippen LogP contribution in [-0.4, -0.2) is 13.3 Å². The highest BCUT2D eigenvalue weighted by atomic mass is 16.7. The molecule has 4 heteroatoms. The third kappa shape index (κ3) is 3.11. The predicted molar refractivity (Wildman–Crippen MR) is 81.2 cm³/mol. The molecule has 1 atom stereocenters. The molecule has 1 heterocycles. The number of hydrogen-bond donors (Lipinski definition) is 1. The Morgan fingerprint density at radius 3 is 2.76 bits per heavy atom. The molecule has 0 saturated heterocycles. The van der Waals surface area contributed by atoms with Crippen LogP contribution in [0.25, 0.3) is 0 Å². The molecule has 0 fully saturated rings. The quantitative estimate of drug-likeness (QED) is 0.905. The molecule has 1 aliphatic heterocycles. The van der Waals surface area contributed by atoms with E-state index in [1.165, 1.54) is 5.56 Å². The summed E-state index contributed by atoms with van der Waals surface area (Å²) in [6.45, 7) is 5.45. The van der Waals surface area contributed by atoms with Crippen molar-refractivity contribution in [2.24, 2.45) is 0 Å². The minimum Gasteiger partial charge on any atom is -0.457 e. The van der Waals surface area contributed by atoms with Gasteiger partial charge in [0.15, 0.2) is 11.5 Å². The van der Waals surface area contributed by atoms with Gasteiger partial charge < -0.3 is 19.5 Å². The van der Waals surface area contributed by atoms with E-state index in [9.17, 15) is 0 Å². The molecular weight excluding hydrogens is 266 g/mol. The Hall–Kier alpha value is -2.20. The number of ether oxygens (including phenoxy) is 3. The molecule has 0 aliphatic carbocycles. The van der Waals surface area contributed by atoms with Crippen molar-refractivity contribution in [1.29, 1.82) is 0 Å². The molecule has 0 spiro atoms. The molecule has 0 radical (unpaired) electrons. The Balaban J connectivity index is 1.77. The van der Waals surface area contributed by atoms with Crippen molar-refractivity contribution in [3.05, 3.63) is 48.0 Å². The molecule has 0 aromatic heterocycles. The number of nitrogens with one attached hydrogen (secondary N) is 1. The minimum atomic E-state index is 0.272. The Kier molecular flexibility index (Phi) is 3.97. The Bertz CT molecular complexity index is 627. The third-order valence-electron chi connectivity index (χ3n) is 3.45. The first kappa shape index (κ1) is 13.8. The molecule has 2 aromatic carbocycles. The number of fused-ring (bicyclic) bond motifs is 1. The maximum absolute atomic E-state index is 5.91. The van der Waals surface area contributed by atoms with Crippen LogP contribution >= 0.6 is 0 Å². The standard InChI is InChI=1S/C17H19NO3/c1-3-18-12(2)13-5-4-6-14(9-13)21-15-7-8-16-17(10-15)20-11-19-16/h4-10,12,18H,3,11H2,1-2H3. The minimum absolute atomic E-state index is 0.272. The molecule has 110 valence electrons. The van der Waals surface area contributed by atoms with Gasteiger partial charge in [-0.2, -0.15) is 0 Å². The molecule has 0 amide bonds. The largest absolute Gasteiger partial charge is 0.457 e. The zero-order valence-electron chi connectivity index (χ0n) is 12.3. The van der Waals surface area contributed by atoms with E-state index in [0.29, 0.717) is 6.04 Å². The van der Waals surface area contributed by atoms with Crippen LogP contribution in [0.15, 0.2) is 42.5 Å². The smallest absolute Gasteiger partial charge is 0.231 e. The van der Waals surface area contributed by atoms with E-state index in [1.807, 2.05) is 30.3 Å². The molecule has 0 saturated carbocycles. The molecule has 21 heavy (non-hydrogen) atoms. The van der Waals surface area contributed by atoms with Gasteiger partial charge in [0.2, 0.25) is 6.79 Å². The number of hydrogen-bond acceptors (Lipinski definition) is 4. The highest BCUT2D eigenvalue weighted by Gasteiger charge is 2.14. The Morgan fingerprint density at radius 2 is 1.90 bits per heavy atom. The molecular formula is C17H19NO3. The van der Waals surface area contributed by atoms with E-state index in [2.05, 4.69) is 31.3 Å². The van der Waals surface area contributed by atoms with Gasteiger partial charge in [0, 0.05) is 12.1 Å². The lowest BCUT2D eigenvalue weighted by Crippen LogP contribution is -2.17. The van der Waals surface area contributed by atoms with Crippen molar-refractivity contribution in [3.63, 3.8) is 0 Å². The fraction of sp³-hybridized carbons (Fsp3) is 0.294. The van der Waals surface area contributed by atoms with Crippen LogP contribution in [0.4, 0.5) is 0 Å². The summed E-state index contributed by atoms with van der Waals surface area (Å²) in [7, 11) is 0. The highest BCUT2D eigenvalue weighted by molar-refractivity contribution is 5.48. The van der Waals surface area contributed by atoms with Gasteiger partial charge in [-0.25, -0.2) is 0 Å². The molecule has 1 N–H and O–H groups in total. The molecule has 2 aromatic rings. The van der Waals surface area contributed by atoms with Gasteiger partial charge in [-0.15, -0.1) is 0 Å². The van der Waals surface area contributed by atoms with Crippen LogP contribution in [0.5, 0.6) is 23.0 Å². The van der Waals surface area contributed by atoms with Gasteiger partial charge in [0.25, 0.3) is 0 Å². The van der Waals surface area contributed by atoms with Crippen LogP contribution < -0.4 is 19.5 Å². The summed E-state index contributed by atoms with van der Waals surface area (Å²) < 4.78 is 16.6. The lowest BCUT2D eigenvalue weighted by atomic mass is 10.1. The van der Waals surface area contributed by atoms with Crippen LogP contribution in [-0.2, 0) is 0 Å². The Morgan fingerprint density at radius 1 is 1.10 bits per heavy atom. The maximum Gasteiger partial charge on any atom is 0.231 e. The molecule has 3 rings (SSSR count). The second kappa shape index (κ2) is 6.06. The molecule has 1 aliphatic rings. The zero-order valence-corrected chi connectivity index (χ0v) is 12.3. The van der Waals surface area contributed by atoms with E-state index >= 15 is 0 Å². The van der Waals surface area contributed by atoms with Crippen LogP contribution in [0.2, 0.25) is 0 Å². The molecule has 0 bridgehead atoms.